The van der Waals surface area contributed by atoms with E-state index in [9.17, 15) is 21.6 Å². The molecule has 0 fully saturated rings. The predicted octanol–water partition coefficient (Wildman–Crippen LogP) is 2.97. The Bertz CT molecular complexity index is 1330. The number of amides is 1. The smallest absolute Gasteiger partial charge is 0.255 e. The normalized spacial score (nSPS) is 11.8. The molecule has 156 valence electrons. The topological polar surface area (TPSA) is 123 Å². The summed E-state index contributed by atoms with van der Waals surface area (Å²) in [4.78, 5) is 12.7. The van der Waals surface area contributed by atoms with Crippen molar-refractivity contribution in [3.05, 3.63) is 77.9 Å². The Kier molecular flexibility index (Phi) is 5.80. The summed E-state index contributed by atoms with van der Waals surface area (Å²) >= 11 is 0. The van der Waals surface area contributed by atoms with Crippen LogP contribution in [-0.2, 0) is 19.9 Å². The number of primary sulfonamides is 1. The van der Waals surface area contributed by atoms with Crippen molar-refractivity contribution in [2.24, 2.45) is 5.14 Å². The highest BCUT2D eigenvalue weighted by Crippen LogP contribution is 2.27. The van der Waals surface area contributed by atoms with Gasteiger partial charge >= 0.3 is 0 Å². The molecule has 0 bridgehead atoms. The van der Waals surface area contributed by atoms with Gasteiger partial charge in [0, 0.05) is 23.1 Å². The summed E-state index contributed by atoms with van der Waals surface area (Å²) in [5.74, 6) is -0.421. The van der Waals surface area contributed by atoms with Crippen LogP contribution in [0.5, 0.6) is 0 Å². The van der Waals surface area contributed by atoms with Crippen LogP contribution in [0.2, 0.25) is 0 Å². The molecule has 3 rings (SSSR count). The molecule has 0 aliphatic heterocycles. The SMILES string of the molecule is Cc1ccc(S(C)(=O)=O)cc1NC(=O)c1ccc(-c2ccccc2S(N)(=O)=O)cc1. The van der Waals surface area contributed by atoms with Crippen LogP contribution in [-0.4, -0.2) is 29.0 Å². The molecule has 0 atom stereocenters. The van der Waals surface area contributed by atoms with Crippen LogP contribution in [0.4, 0.5) is 5.69 Å². The van der Waals surface area contributed by atoms with E-state index in [0.29, 0.717) is 22.4 Å². The Morgan fingerprint density at radius 3 is 2.13 bits per heavy atom. The highest BCUT2D eigenvalue weighted by Gasteiger charge is 2.16. The summed E-state index contributed by atoms with van der Waals surface area (Å²) < 4.78 is 47.1. The van der Waals surface area contributed by atoms with Crippen molar-refractivity contribution in [1.82, 2.24) is 0 Å². The van der Waals surface area contributed by atoms with Gasteiger partial charge in [-0.3, -0.25) is 4.79 Å². The van der Waals surface area contributed by atoms with Crippen molar-refractivity contribution in [3.63, 3.8) is 0 Å². The fourth-order valence-electron chi connectivity index (χ4n) is 2.92. The molecule has 0 unspecified atom stereocenters. The first-order chi connectivity index (χ1) is 14.0. The maximum absolute atomic E-state index is 12.6. The zero-order chi connectivity index (χ0) is 22.1. The average molecular weight is 445 g/mol. The van der Waals surface area contributed by atoms with E-state index in [2.05, 4.69) is 5.32 Å². The summed E-state index contributed by atoms with van der Waals surface area (Å²) in [6, 6.07) is 17.2. The van der Waals surface area contributed by atoms with Crippen LogP contribution in [0.1, 0.15) is 15.9 Å². The zero-order valence-corrected chi connectivity index (χ0v) is 17.9. The molecule has 0 aliphatic rings. The molecular formula is C21H20N2O5S2. The third kappa shape index (κ3) is 4.76. The average Bonchev–Trinajstić information content (AvgIpc) is 2.68. The number of rotatable bonds is 5. The molecule has 0 saturated carbocycles. The van der Waals surface area contributed by atoms with Crippen LogP contribution in [0.25, 0.3) is 11.1 Å². The molecule has 7 nitrogen and oxygen atoms in total. The second kappa shape index (κ2) is 8.02. The molecule has 0 saturated heterocycles. The van der Waals surface area contributed by atoms with Gasteiger partial charge in [0.1, 0.15) is 0 Å². The molecule has 30 heavy (non-hydrogen) atoms. The molecule has 0 aliphatic carbocycles. The number of hydrogen-bond acceptors (Lipinski definition) is 5. The van der Waals surface area contributed by atoms with E-state index in [1.54, 1.807) is 55.5 Å². The van der Waals surface area contributed by atoms with E-state index in [0.717, 1.165) is 11.8 Å². The summed E-state index contributed by atoms with van der Waals surface area (Å²) in [5, 5.41) is 8.00. The Labute approximate surface area is 175 Å². The number of aryl methyl sites for hydroxylation is 1. The second-order valence-electron chi connectivity index (χ2n) is 6.82. The molecule has 1 amide bonds. The lowest BCUT2D eigenvalue weighted by molar-refractivity contribution is 0.102. The number of carbonyl (C=O) groups is 1. The van der Waals surface area contributed by atoms with Crippen molar-refractivity contribution in [2.45, 2.75) is 16.7 Å². The van der Waals surface area contributed by atoms with Gasteiger partial charge in [-0.05, 0) is 48.4 Å². The highest BCUT2D eigenvalue weighted by atomic mass is 32.2. The fraction of sp³-hybridized carbons (Fsp3) is 0.0952. The number of benzene rings is 3. The molecular weight excluding hydrogens is 424 g/mol. The number of sulfonamides is 1. The van der Waals surface area contributed by atoms with Gasteiger partial charge in [-0.25, -0.2) is 22.0 Å². The summed E-state index contributed by atoms with van der Waals surface area (Å²) in [7, 11) is -7.30. The Hall–Kier alpha value is -3.01. The summed E-state index contributed by atoms with van der Waals surface area (Å²) in [5.41, 5.74) is 2.46. The first-order valence-electron chi connectivity index (χ1n) is 8.81. The highest BCUT2D eigenvalue weighted by molar-refractivity contribution is 7.90. The Morgan fingerprint density at radius 2 is 1.53 bits per heavy atom. The van der Waals surface area contributed by atoms with Crippen molar-refractivity contribution in [2.75, 3.05) is 11.6 Å². The lowest BCUT2D eigenvalue weighted by Gasteiger charge is -2.11. The van der Waals surface area contributed by atoms with Gasteiger partial charge in [0.25, 0.3) is 5.91 Å². The standard InChI is InChI=1S/C21H20N2O5S2/c1-14-7-12-17(29(2,25)26)13-19(14)23-21(24)16-10-8-15(9-11-16)18-5-3-4-6-20(18)30(22,27)28/h3-13H,1-2H3,(H,23,24)(H2,22,27,28). The summed E-state index contributed by atoms with van der Waals surface area (Å²) in [6.45, 7) is 1.76. The van der Waals surface area contributed by atoms with Crippen LogP contribution < -0.4 is 10.5 Å². The quantitative estimate of drug-likeness (QED) is 0.626. The monoisotopic (exact) mass is 444 g/mol. The number of carbonyl (C=O) groups excluding carboxylic acids is 1. The van der Waals surface area contributed by atoms with Crippen molar-refractivity contribution in [1.29, 1.82) is 0 Å². The Morgan fingerprint density at radius 1 is 0.900 bits per heavy atom. The van der Waals surface area contributed by atoms with Gasteiger partial charge in [0.05, 0.1) is 9.79 Å². The molecule has 0 radical (unpaired) electrons. The Balaban J connectivity index is 1.89. The molecule has 3 aromatic carbocycles. The van der Waals surface area contributed by atoms with Crippen molar-refractivity contribution in [3.8, 4) is 11.1 Å². The number of sulfone groups is 1. The number of nitrogens with one attached hydrogen (secondary N) is 1. The maximum atomic E-state index is 12.6. The lowest BCUT2D eigenvalue weighted by atomic mass is 10.0. The fourth-order valence-corrected chi connectivity index (χ4v) is 4.32. The molecule has 3 N–H and O–H groups in total. The molecule has 0 spiro atoms. The van der Waals surface area contributed by atoms with Gasteiger partial charge in [0.15, 0.2) is 9.84 Å². The second-order valence-corrected chi connectivity index (χ2v) is 10.4. The third-order valence-corrected chi connectivity index (χ3v) is 6.62. The molecule has 3 aromatic rings. The van der Waals surface area contributed by atoms with E-state index < -0.39 is 25.8 Å². The number of nitrogens with two attached hydrogens (primary N) is 1. The largest absolute Gasteiger partial charge is 0.322 e. The van der Waals surface area contributed by atoms with Gasteiger partial charge in [0.2, 0.25) is 10.0 Å². The van der Waals surface area contributed by atoms with Crippen molar-refractivity contribution < 1.29 is 21.6 Å². The van der Waals surface area contributed by atoms with Crippen LogP contribution in [0.3, 0.4) is 0 Å². The molecule has 0 heterocycles. The van der Waals surface area contributed by atoms with Gasteiger partial charge in [-0.15, -0.1) is 0 Å². The minimum Gasteiger partial charge on any atom is -0.322 e. The third-order valence-electron chi connectivity index (χ3n) is 4.54. The van der Waals surface area contributed by atoms with Gasteiger partial charge in [-0.2, -0.15) is 0 Å². The predicted molar refractivity (Wildman–Crippen MR) is 115 cm³/mol. The zero-order valence-electron chi connectivity index (χ0n) is 16.3. The van der Waals surface area contributed by atoms with E-state index in [4.69, 9.17) is 5.14 Å². The number of anilines is 1. The van der Waals surface area contributed by atoms with Gasteiger partial charge in [-0.1, -0.05) is 36.4 Å². The van der Waals surface area contributed by atoms with Crippen LogP contribution >= 0.6 is 0 Å². The first-order valence-corrected chi connectivity index (χ1v) is 12.2. The van der Waals surface area contributed by atoms with E-state index in [-0.39, 0.29) is 9.79 Å². The van der Waals surface area contributed by atoms with Crippen molar-refractivity contribution >= 4 is 31.5 Å². The molecule has 9 heteroatoms. The van der Waals surface area contributed by atoms with E-state index in [1.165, 1.54) is 18.2 Å². The minimum atomic E-state index is -3.90. The minimum absolute atomic E-state index is 0.00424. The number of hydrogen-bond donors (Lipinski definition) is 2. The van der Waals surface area contributed by atoms with E-state index in [1.807, 2.05) is 0 Å². The summed E-state index contributed by atoms with van der Waals surface area (Å²) in [6.07, 6.45) is 1.10. The first kappa shape index (κ1) is 21.7. The van der Waals surface area contributed by atoms with Crippen LogP contribution in [0.15, 0.2) is 76.5 Å². The maximum Gasteiger partial charge on any atom is 0.255 e. The van der Waals surface area contributed by atoms with Gasteiger partial charge < -0.3 is 5.32 Å². The lowest BCUT2D eigenvalue weighted by Crippen LogP contribution is -2.14. The van der Waals surface area contributed by atoms with Crippen LogP contribution in [0, 0.1) is 6.92 Å². The molecule has 0 aromatic heterocycles. The van der Waals surface area contributed by atoms with E-state index >= 15 is 0 Å².